The first-order chi connectivity index (χ1) is 15.2. The molecule has 1 heterocycles. The summed E-state index contributed by atoms with van der Waals surface area (Å²) in [6, 6.07) is 9.88. The van der Waals surface area contributed by atoms with Crippen molar-refractivity contribution in [2.24, 2.45) is 5.92 Å². The molecule has 1 aliphatic heterocycles. The zero-order chi connectivity index (χ0) is 23.3. The summed E-state index contributed by atoms with van der Waals surface area (Å²) in [4.78, 5) is 24.2. The molecule has 2 aromatic carbocycles. The summed E-state index contributed by atoms with van der Waals surface area (Å²) >= 11 is 0. The van der Waals surface area contributed by atoms with Gasteiger partial charge in [0.2, 0.25) is 15.9 Å². The van der Waals surface area contributed by atoms with E-state index in [1.54, 1.807) is 0 Å². The third-order valence-electron chi connectivity index (χ3n) is 5.47. The first-order valence-corrected chi connectivity index (χ1v) is 11.5. The summed E-state index contributed by atoms with van der Waals surface area (Å²) in [5.41, 5.74) is 0.546. The molecular weight excluding hydrogens is 442 g/mol. The number of sulfonamides is 1. The molecular formula is C22H24F2N2O5S. The molecule has 1 atom stereocenters. The van der Waals surface area contributed by atoms with Crippen LogP contribution in [0.4, 0.5) is 8.78 Å². The van der Waals surface area contributed by atoms with E-state index in [-0.39, 0.29) is 38.3 Å². The number of carbonyl (C=O) groups is 2. The third-order valence-corrected chi connectivity index (χ3v) is 7.40. The van der Waals surface area contributed by atoms with Crippen LogP contribution < -0.4 is 5.32 Å². The van der Waals surface area contributed by atoms with Crippen LogP contribution in [0.25, 0.3) is 0 Å². The van der Waals surface area contributed by atoms with E-state index in [1.165, 1.54) is 53.9 Å². The van der Waals surface area contributed by atoms with Crippen molar-refractivity contribution < 1.29 is 31.5 Å². The first-order valence-electron chi connectivity index (χ1n) is 10.1. The second-order valence-corrected chi connectivity index (χ2v) is 9.41. The summed E-state index contributed by atoms with van der Waals surface area (Å²) in [6.45, 7) is 0.125. The minimum atomic E-state index is -4.00. The lowest BCUT2D eigenvalue weighted by molar-refractivity contribution is -0.141. The fourth-order valence-corrected chi connectivity index (χ4v) is 5.17. The van der Waals surface area contributed by atoms with E-state index in [1.807, 2.05) is 0 Å². The average molecular weight is 467 g/mol. The topological polar surface area (TPSA) is 92.8 Å². The van der Waals surface area contributed by atoms with Gasteiger partial charge in [0, 0.05) is 19.0 Å². The van der Waals surface area contributed by atoms with Crippen molar-refractivity contribution in [1.82, 2.24) is 9.62 Å². The maximum Gasteiger partial charge on any atom is 0.307 e. The third kappa shape index (κ3) is 5.49. The molecule has 0 aliphatic carbocycles. The molecule has 2 aromatic rings. The number of nitrogens with zero attached hydrogens (tertiary/aromatic N) is 1. The molecule has 1 amide bonds. The van der Waals surface area contributed by atoms with Gasteiger partial charge in [-0.1, -0.05) is 24.3 Å². The van der Waals surface area contributed by atoms with Crippen molar-refractivity contribution >= 4 is 21.9 Å². The summed E-state index contributed by atoms with van der Waals surface area (Å²) in [5, 5.41) is 2.79. The molecule has 1 N–H and O–H groups in total. The summed E-state index contributed by atoms with van der Waals surface area (Å²) in [6.07, 6.45) is 0.357. The van der Waals surface area contributed by atoms with Gasteiger partial charge in [0.05, 0.1) is 19.6 Å². The van der Waals surface area contributed by atoms with Crippen molar-refractivity contribution in [2.45, 2.75) is 30.2 Å². The van der Waals surface area contributed by atoms with E-state index in [0.29, 0.717) is 5.56 Å². The van der Waals surface area contributed by atoms with Gasteiger partial charge in [-0.15, -0.1) is 0 Å². The Hall–Kier alpha value is -2.85. The Labute approximate surface area is 185 Å². The Morgan fingerprint density at radius 2 is 1.72 bits per heavy atom. The molecule has 1 unspecified atom stereocenters. The lowest BCUT2D eigenvalue weighted by Crippen LogP contribution is -2.44. The maximum atomic E-state index is 14.0. The van der Waals surface area contributed by atoms with Gasteiger partial charge in [-0.05, 0) is 42.7 Å². The minimum Gasteiger partial charge on any atom is -0.469 e. The molecule has 32 heavy (non-hydrogen) atoms. The number of carbonyl (C=O) groups excluding carboxylic acids is 2. The van der Waals surface area contributed by atoms with Crippen LogP contribution in [0.5, 0.6) is 0 Å². The molecule has 10 heteroatoms. The van der Waals surface area contributed by atoms with Crippen LogP contribution in [0.2, 0.25) is 0 Å². The van der Waals surface area contributed by atoms with E-state index < -0.39 is 44.5 Å². The van der Waals surface area contributed by atoms with Crippen molar-refractivity contribution in [3.8, 4) is 0 Å². The fraction of sp³-hybridized carbons (Fsp3) is 0.364. The molecule has 1 saturated heterocycles. The molecule has 1 fully saturated rings. The number of rotatable bonds is 7. The van der Waals surface area contributed by atoms with Crippen LogP contribution in [0.1, 0.15) is 30.9 Å². The maximum absolute atomic E-state index is 14.0. The summed E-state index contributed by atoms with van der Waals surface area (Å²) in [5.74, 6) is -2.63. The van der Waals surface area contributed by atoms with Crippen LogP contribution >= 0.6 is 0 Å². The molecule has 0 spiro atoms. The Morgan fingerprint density at radius 3 is 2.31 bits per heavy atom. The van der Waals surface area contributed by atoms with Gasteiger partial charge < -0.3 is 10.1 Å². The zero-order valence-corrected chi connectivity index (χ0v) is 18.3. The number of nitrogens with one attached hydrogen (secondary N) is 1. The fourth-order valence-electron chi connectivity index (χ4n) is 3.64. The largest absolute Gasteiger partial charge is 0.469 e. The molecule has 1 aliphatic rings. The van der Waals surface area contributed by atoms with Crippen molar-refractivity contribution in [3.05, 3.63) is 65.7 Å². The van der Waals surface area contributed by atoms with E-state index in [4.69, 9.17) is 0 Å². The van der Waals surface area contributed by atoms with Crippen molar-refractivity contribution in [2.75, 3.05) is 20.2 Å². The highest BCUT2D eigenvalue weighted by atomic mass is 32.2. The highest BCUT2D eigenvalue weighted by Crippen LogP contribution is 2.26. The molecule has 0 bridgehead atoms. The number of benzene rings is 2. The van der Waals surface area contributed by atoms with Crippen LogP contribution in [0.3, 0.4) is 0 Å². The Balaban J connectivity index is 1.66. The van der Waals surface area contributed by atoms with Gasteiger partial charge in [0.25, 0.3) is 0 Å². The summed E-state index contributed by atoms with van der Waals surface area (Å²) < 4.78 is 58.6. The summed E-state index contributed by atoms with van der Waals surface area (Å²) in [7, 11) is -2.77. The number of esters is 1. The minimum absolute atomic E-state index is 0.0625. The predicted molar refractivity (Wildman–Crippen MR) is 112 cm³/mol. The number of hydrogen-bond donors (Lipinski definition) is 1. The number of halogens is 2. The van der Waals surface area contributed by atoms with Crippen molar-refractivity contribution in [3.63, 3.8) is 0 Å². The Bertz CT molecular complexity index is 1070. The van der Waals surface area contributed by atoms with Crippen LogP contribution in [-0.2, 0) is 24.3 Å². The molecule has 0 saturated carbocycles. The monoisotopic (exact) mass is 466 g/mol. The Kier molecular flexibility index (Phi) is 7.57. The molecule has 0 aromatic heterocycles. The second kappa shape index (κ2) is 10.2. The van der Waals surface area contributed by atoms with Crippen LogP contribution in [-0.4, -0.2) is 44.8 Å². The predicted octanol–water partition coefficient (Wildman–Crippen LogP) is 2.79. The molecule has 3 rings (SSSR count). The quantitative estimate of drug-likeness (QED) is 0.634. The number of methoxy groups -OCH3 is 1. The molecule has 7 nitrogen and oxygen atoms in total. The number of piperidine rings is 1. The average Bonchev–Trinajstić information content (AvgIpc) is 2.79. The van der Waals surface area contributed by atoms with Gasteiger partial charge >= 0.3 is 5.97 Å². The molecule has 0 radical (unpaired) electrons. The van der Waals surface area contributed by atoms with E-state index in [2.05, 4.69) is 10.1 Å². The highest BCUT2D eigenvalue weighted by Gasteiger charge is 2.34. The van der Waals surface area contributed by atoms with Crippen molar-refractivity contribution in [1.29, 1.82) is 0 Å². The standard InChI is InChI=1S/C22H24F2N2O5S/c1-31-21(27)14-19(15-6-8-17(23)9-7-15)25-22(28)16-10-12-26(13-11-16)32(29,30)20-5-3-2-4-18(20)24/h2-9,16,19H,10-14H2,1H3,(H,25,28). The van der Waals surface area contributed by atoms with Gasteiger partial charge in [-0.25, -0.2) is 17.2 Å². The highest BCUT2D eigenvalue weighted by molar-refractivity contribution is 7.89. The van der Waals surface area contributed by atoms with Gasteiger partial charge in [0.1, 0.15) is 16.5 Å². The van der Waals surface area contributed by atoms with Crippen LogP contribution in [0.15, 0.2) is 53.4 Å². The van der Waals surface area contributed by atoms with Crippen LogP contribution in [0, 0.1) is 17.6 Å². The van der Waals surface area contributed by atoms with Gasteiger partial charge in [0.15, 0.2) is 0 Å². The lowest BCUT2D eigenvalue weighted by atomic mass is 9.95. The van der Waals surface area contributed by atoms with E-state index in [9.17, 15) is 26.8 Å². The zero-order valence-electron chi connectivity index (χ0n) is 17.5. The number of amides is 1. The molecule has 172 valence electrons. The SMILES string of the molecule is COC(=O)CC(NC(=O)C1CCN(S(=O)(=O)c2ccccc2F)CC1)c1ccc(F)cc1. The van der Waals surface area contributed by atoms with E-state index in [0.717, 1.165) is 6.07 Å². The van der Waals surface area contributed by atoms with Gasteiger partial charge in [-0.2, -0.15) is 4.31 Å². The first kappa shape index (κ1) is 23.8. The normalized spacial score (nSPS) is 16.3. The number of hydrogen-bond acceptors (Lipinski definition) is 5. The lowest BCUT2D eigenvalue weighted by Gasteiger charge is -2.31. The Morgan fingerprint density at radius 1 is 1.09 bits per heavy atom. The number of ether oxygens (including phenoxy) is 1. The van der Waals surface area contributed by atoms with E-state index >= 15 is 0 Å². The smallest absolute Gasteiger partial charge is 0.307 e. The van der Waals surface area contributed by atoms with Gasteiger partial charge in [-0.3, -0.25) is 9.59 Å². The second-order valence-electron chi connectivity index (χ2n) is 7.50.